The van der Waals surface area contributed by atoms with Gasteiger partial charge in [0.05, 0.1) is 5.56 Å². The van der Waals surface area contributed by atoms with E-state index in [0.29, 0.717) is 38.0 Å². The van der Waals surface area contributed by atoms with Crippen LogP contribution in [0.5, 0.6) is 0 Å². The minimum absolute atomic E-state index is 0.0711. The Bertz CT molecular complexity index is 866. The van der Waals surface area contributed by atoms with Gasteiger partial charge in [-0.2, -0.15) is 0 Å². The van der Waals surface area contributed by atoms with Gasteiger partial charge in [0.2, 0.25) is 0 Å². The average molecular weight is 341 g/mol. The number of piperidine rings is 1. The third-order valence-electron chi connectivity index (χ3n) is 5.23. The molecule has 8 heteroatoms. The number of hydrogen-bond acceptors (Lipinski definition) is 4. The smallest absolute Gasteiger partial charge is 0.325 e. The standard InChI is InChI=1S/C17H19N5O3/c1-2-22-16(25)19-15(24)17(22)5-8-20(9-6-17)14(23)12-3-4-13-18-7-10-21(13)11-12/h3-4,7,10-11H,2,5-6,8-9H2,1H3,(H,19,24,25). The highest BCUT2D eigenvalue weighted by Crippen LogP contribution is 2.33. The second-order valence-corrected chi connectivity index (χ2v) is 6.44. The van der Waals surface area contributed by atoms with Crippen molar-refractivity contribution in [3.8, 4) is 0 Å². The Balaban J connectivity index is 1.52. The Labute approximate surface area is 144 Å². The normalized spacial score (nSPS) is 19.7. The van der Waals surface area contributed by atoms with Gasteiger partial charge in [0.25, 0.3) is 11.8 Å². The van der Waals surface area contributed by atoms with Crippen LogP contribution in [0.25, 0.3) is 5.65 Å². The lowest BCUT2D eigenvalue weighted by Crippen LogP contribution is -2.57. The van der Waals surface area contributed by atoms with Crippen LogP contribution in [0.3, 0.4) is 0 Å². The molecule has 0 bridgehead atoms. The van der Waals surface area contributed by atoms with Crippen LogP contribution in [0.4, 0.5) is 4.79 Å². The lowest BCUT2D eigenvalue weighted by molar-refractivity contribution is -0.128. The van der Waals surface area contributed by atoms with Gasteiger partial charge in [0, 0.05) is 38.2 Å². The zero-order valence-corrected chi connectivity index (χ0v) is 13.9. The molecule has 2 saturated heterocycles. The van der Waals surface area contributed by atoms with E-state index in [9.17, 15) is 14.4 Å². The number of urea groups is 1. The number of nitrogens with zero attached hydrogens (tertiary/aromatic N) is 4. The summed E-state index contributed by atoms with van der Waals surface area (Å²) in [6.45, 7) is 3.22. The molecule has 0 saturated carbocycles. The molecule has 130 valence electrons. The molecule has 25 heavy (non-hydrogen) atoms. The van der Waals surface area contributed by atoms with Crippen LogP contribution in [0.1, 0.15) is 30.1 Å². The van der Waals surface area contributed by atoms with Gasteiger partial charge in [-0.05, 0) is 31.9 Å². The fourth-order valence-corrected chi connectivity index (χ4v) is 3.85. The fourth-order valence-electron chi connectivity index (χ4n) is 3.85. The zero-order valence-electron chi connectivity index (χ0n) is 13.9. The predicted molar refractivity (Wildman–Crippen MR) is 89.0 cm³/mol. The first kappa shape index (κ1) is 15.6. The molecular weight excluding hydrogens is 322 g/mol. The highest BCUT2D eigenvalue weighted by Gasteiger charge is 2.53. The van der Waals surface area contributed by atoms with E-state index in [1.807, 2.05) is 6.92 Å². The molecule has 2 aromatic heterocycles. The summed E-state index contributed by atoms with van der Waals surface area (Å²) in [6.07, 6.45) is 6.16. The molecular formula is C17H19N5O3. The maximum atomic E-state index is 12.8. The molecule has 0 radical (unpaired) electrons. The van der Waals surface area contributed by atoms with Gasteiger partial charge in [-0.1, -0.05) is 0 Å². The Morgan fingerprint density at radius 1 is 1.28 bits per heavy atom. The SMILES string of the molecule is CCN1C(=O)NC(=O)C12CCN(C(=O)c1ccc3nccn3c1)CC2. The summed E-state index contributed by atoms with van der Waals surface area (Å²) in [6, 6.07) is 3.23. The van der Waals surface area contributed by atoms with Crippen molar-refractivity contribution in [3.05, 3.63) is 36.3 Å². The second-order valence-electron chi connectivity index (χ2n) is 6.44. The van der Waals surface area contributed by atoms with Crippen molar-refractivity contribution in [2.75, 3.05) is 19.6 Å². The number of carbonyl (C=O) groups excluding carboxylic acids is 3. The van der Waals surface area contributed by atoms with E-state index in [1.165, 1.54) is 0 Å². The second kappa shape index (κ2) is 5.58. The van der Waals surface area contributed by atoms with Gasteiger partial charge in [-0.15, -0.1) is 0 Å². The molecule has 4 rings (SSSR count). The zero-order chi connectivity index (χ0) is 17.6. The van der Waals surface area contributed by atoms with E-state index in [-0.39, 0.29) is 17.8 Å². The van der Waals surface area contributed by atoms with E-state index in [2.05, 4.69) is 10.3 Å². The summed E-state index contributed by atoms with van der Waals surface area (Å²) in [4.78, 5) is 44.5. The van der Waals surface area contributed by atoms with Gasteiger partial charge < -0.3 is 14.2 Å². The molecule has 2 aromatic rings. The number of carbonyl (C=O) groups is 3. The van der Waals surface area contributed by atoms with Crippen molar-refractivity contribution in [2.24, 2.45) is 0 Å². The van der Waals surface area contributed by atoms with Gasteiger partial charge in [0.1, 0.15) is 11.2 Å². The molecule has 0 aromatic carbocycles. The Hall–Kier alpha value is -2.90. The molecule has 0 atom stereocenters. The number of likely N-dealkylation sites (N-methyl/N-ethyl adjacent to an activating group) is 1. The number of fused-ring (bicyclic) bond motifs is 1. The van der Waals surface area contributed by atoms with Gasteiger partial charge >= 0.3 is 6.03 Å². The van der Waals surface area contributed by atoms with Crippen LogP contribution in [-0.2, 0) is 4.79 Å². The number of pyridine rings is 1. The fraction of sp³-hybridized carbons (Fsp3) is 0.412. The largest absolute Gasteiger partial charge is 0.338 e. The number of rotatable bonds is 2. The summed E-state index contributed by atoms with van der Waals surface area (Å²) in [7, 11) is 0. The molecule has 8 nitrogen and oxygen atoms in total. The molecule has 1 N–H and O–H groups in total. The number of aromatic nitrogens is 2. The number of hydrogen-bond donors (Lipinski definition) is 1. The summed E-state index contributed by atoms with van der Waals surface area (Å²) < 4.78 is 1.81. The highest BCUT2D eigenvalue weighted by atomic mass is 16.2. The van der Waals surface area contributed by atoms with Crippen molar-refractivity contribution in [3.63, 3.8) is 0 Å². The van der Waals surface area contributed by atoms with Gasteiger partial charge in [-0.3, -0.25) is 14.9 Å². The van der Waals surface area contributed by atoms with Crippen molar-refractivity contribution >= 4 is 23.5 Å². The van der Waals surface area contributed by atoms with Crippen molar-refractivity contribution in [2.45, 2.75) is 25.3 Å². The van der Waals surface area contributed by atoms with Crippen LogP contribution in [0, 0.1) is 0 Å². The first-order valence-electron chi connectivity index (χ1n) is 8.40. The van der Waals surface area contributed by atoms with E-state index in [0.717, 1.165) is 5.65 Å². The molecule has 0 unspecified atom stereocenters. The maximum Gasteiger partial charge on any atom is 0.325 e. The minimum Gasteiger partial charge on any atom is -0.338 e. The highest BCUT2D eigenvalue weighted by molar-refractivity contribution is 6.07. The lowest BCUT2D eigenvalue weighted by Gasteiger charge is -2.41. The molecule has 0 aliphatic carbocycles. The van der Waals surface area contributed by atoms with E-state index in [4.69, 9.17) is 0 Å². The maximum absolute atomic E-state index is 12.8. The monoisotopic (exact) mass is 341 g/mol. The summed E-state index contributed by atoms with van der Waals surface area (Å²) in [5.74, 6) is -0.315. The summed E-state index contributed by atoms with van der Waals surface area (Å²) >= 11 is 0. The average Bonchev–Trinajstić information content (AvgIpc) is 3.17. The molecule has 4 amide bonds. The van der Waals surface area contributed by atoms with Crippen molar-refractivity contribution in [1.29, 1.82) is 0 Å². The van der Waals surface area contributed by atoms with Gasteiger partial charge in [-0.25, -0.2) is 9.78 Å². The molecule has 1 spiro atoms. The Morgan fingerprint density at radius 2 is 2.04 bits per heavy atom. The number of likely N-dealkylation sites (tertiary alicyclic amines) is 1. The van der Waals surface area contributed by atoms with Crippen LogP contribution in [0.15, 0.2) is 30.7 Å². The third kappa shape index (κ3) is 2.28. The summed E-state index contributed by atoms with van der Waals surface area (Å²) in [5.41, 5.74) is 0.561. The number of amides is 4. The number of nitrogens with one attached hydrogen (secondary N) is 1. The predicted octanol–water partition coefficient (Wildman–Crippen LogP) is 0.881. The van der Waals surface area contributed by atoms with Crippen LogP contribution in [-0.4, -0.2) is 62.2 Å². The van der Waals surface area contributed by atoms with E-state index >= 15 is 0 Å². The first-order valence-corrected chi connectivity index (χ1v) is 8.40. The minimum atomic E-state index is -0.809. The lowest BCUT2D eigenvalue weighted by atomic mass is 9.86. The van der Waals surface area contributed by atoms with Crippen LogP contribution in [0.2, 0.25) is 0 Å². The third-order valence-corrected chi connectivity index (χ3v) is 5.23. The van der Waals surface area contributed by atoms with E-state index in [1.54, 1.807) is 44.9 Å². The quantitative estimate of drug-likeness (QED) is 0.822. The van der Waals surface area contributed by atoms with Crippen LogP contribution >= 0.6 is 0 Å². The van der Waals surface area contributed by atoms with Crippen molar-refractivity contribution < 1.29 is 14.4 Å². The molecule has 2 aliphatic heterocycles. The van der Waals surface area contributed by atoms with E-state index < -0.39 is 5.54 Å². The Kier molecular flexibility index (Phi) is 3.48. The first-order chi connectivity index (χ1) is 12.0. The summed E-state index contributed by atoms with van der Waals surface area (Å²) in [5, 5.41) is 2.41. The number of imide groups is 1. The van der Waals surface area contributed by atoms with Crippen LogP contribution < -0.4 is 5.32 Å². The number of imidazole rings is 1. The molecule has 2 aliphatic rings. The Morgan fingerprint density at radius 3 is 2.76 bits per heavy atom. The van der Waals surface area contributed by atoms with Gasteiger partial charge in [0.15, 0.2) is 0 Å². The molecule has 4 heterocycles. The topological polar surface area (TPSA) is 87.0 Å². The van der Waals surface area contributed by atoms with Crippen molar-refractivity contribution in [1.82, 2.24) is 24.5 Å². The molecule has 2 fully saturated rings.